The van der Waals surface area contributed by atoms with Gasteiger partial charge in [0.25, 0.3) is 0 Å². The lowest BCUT2D eigenvalue weighted by molar-refractivity contribution is -0.122. The standard InChI is InChI=1S/C13H24N2OS/c1-17-11-6-4-10(5-7-11)15-13(16)8-12(14)9-2-3-9/h9-12H,2-8,14H2,1H3,(H,15,16). The topological polar surface area (TPSA) is 55.1 Å². The minimum absolute atomic E-state index is 0.0949. The Bertz CT molecular complexity index is 260. The Balaban J connectivity index is 1.64. The fourth-order valence-electron chi connectivity index (χ4n) is 2.63. The molecule has 2 aliphatic carbocycles. The van der Waals surface area contributed by atoms with Crippen LogP contribution < -0.4 is 11.1 Å². The molecule has 0 spiro atoms. The Morgan fingerprint density at radius 1 is 1.29 bits per heavy atom. The molecule has 0 heterocycles. The zero-order chi connectivity index (χ0) is 12.3. The first-order chi connectivity index (χ1) is 8.19. The Labute approximate surface area is 108 Å². The molecule has 17 heavy (non-hydrogen) atoms. The number of amides is 1. The molecule has 2 saturated carbocycles. The molecular weight excluding hydrogens is 232 g/mol. The summed E-state index contributed by atoms with van der Waals surface area (Å²) in [5, 5.41) is 3.95. The van der Waals surface area contributed by atoms with Gasteiger partial charge in [0.2, 0.25) is 5.91 Å². The SMILES string of the molecule is CSC1CCC(NC(=O)CC(N)C2CC2)CC1. The molecule has 0 aromatic heterocycles. The van der Waals surface area contributed by atoms with E-state index >= 15 is 0 Å². The van der Waals surface area contributed by atoms with Crippen LogP contribution in [0.4, 0.5) is 0 Å². The van der Waals surface area contributed by atoms with Gasteiger partial charge in [-0.25, -0.2) is 0 Å². The maximum Gasteiger partial charge on any atom is 0.221 e. The van der Waals surface area contributed by atoms with E-state index in [0.717, 1.165) is 18.1 Å². The molecule has 98 valence electrons. The van der Waals surface area contributed by atoms with E-state index in [1.165, 1.54) is 25.7 Å². The van der Waals surface area contributed by atoms with E-state index in [1.54, 1.807) is 0 Å². The molecule has 1 atom stereocenters. The number of thioether (sulfide) groups is 1. The quantitative estimate of drug-likeness (QED) is 0.790. The normalized spacial score (nSPS) is 30.9. The third kappa shape index (κ3) is 4.18. The molecule has 2 rings (SSSR count). The molecule has 2 fully saturated rings. The first-order valence-electron chi connectivity index (χ1n) is 6.76. The van der Waals surface area contributed by atoms with Gasteiger partial charge < -0.3 is 11.1 Å². The summed E-state index contributed by atoms with van der Waals surface area (Å²) in [6.45, 7) is 0. The van der Waals surface area contributed by atoms with Crippen molar-refractivity contribution in [2.24, 2.45) is 11.7 Å². The summed E-state index contributed by atoms with van der Waals surface area (Å²) in [6, 6.07) is 0.495. The van der Waals surface area contributed by atoms with Gasteiger partial charge in [0, 0.05) is 23.8 Å². The van der Waals surface area contributed by atoms with Gasteiger partial charge in [0.15, 0.2) is 0 Å². The summed E-state index contributed by atoms with van der Waals surface area (Å²) in [4.78, 5) is 11.8. The molecule has 2 aliphatic rings. The molecule has 1 amide bonds. The highest BCUT2D eigenvalue weighted by Gasteiger charge is 2.30. The highest BCUT2D eigenvalue weighted by atomic mass is 32.2. The van der Waals surface area contributed by atoms with Crippen molar-refractivity contribution >= 4 is 17.7 Å². The summed E-state index contributed by atoms with van der Waals surface area (Å²) in [6.07, 6.45) is 9.87. The van der Waals surface area contributed by atoms with E-state index < -0.39 is 0 Å². The first-order valence-corrected chi connectivity index (χ1v) is 8.05. The lowest BCUT2D eigenvalue weighted by Gasteiger charge is -2.28. The van der Waals surface area contributed by atoms with E-state index in [4.69, 9.17) is 5.73 Å². The lowest BCUT2D eigenvalue weighted by atomic mass is 9.94. The van der Waals surface area contributed by atoms with E-state index in [9.17, 15) is 4.79 Å². The lowest BCUT2D eigenvalue weighted by Crippen LogP contribution is -2.41. The molecule has 4 heteroatoms. The predicted molar refractivity (Wildman–Crippen MR) is 73.0 cm³/mol. The molecule has 0 radical (unpaired) electrons. The summed E-state index contributed by atoms with van der Waals surface area (Å²) in [7, 11) is 0. The Morgan fingerprint density at radius 2 is 1.94 bits per heavy atom. The summed E-state index contributed by atoms with van der Waals surface area (Å²) in [5.41, 5.74) is 5.96. The van der Waals surface area contributed by atoms with Gasteiger partial charge in [0.05, 0.1) is 0 Å². The molecule has 0 aromatic carbocycles. The molecule has 0 bridgehead atoms. The van der Waals surface area contributed by atoms with Gasteiger partial charge in [-0.3, -0.25) is 4.79 Å². The molecule has 3 nitrogen and oxygen atoms in total. The number of nitrogens with two attached hydrogens (primary N) is 1. The number of carbonyl (C=O) groups is 1. The molecule has 0 aromatic rings. The van der Waals surface area contributed by atoms with Crippen molar-refractivity contribution in [2.75, 3.05) is 6.26 Å². The highest BCUT2D eigenvalue weighted by Crippen LogP contribution is 2.33. The van der Waals surface area contributed by atoms with Crippen LogP contribution in [-0.2, 0) is 4.79 Å². The minimum atomic E-state index is 0.0949. The first kappa shape index (κ1) is 13.2. The van der Waals surface area contributed by atoms with Crippen LogP contribution in [0.5, 0.6) is 0 Å². The second kappa shape index (κ2) is 6.10. The highest BCUT2D eigenvalue weighted by molar-refractivity contribution is 7.99. The number of hydrogen-bond donors (Lipinski definition) is 2. The van der Waals surface area contributed by atoms with Crippen LogP contribution in [-0.4, -0.2) is 29.5 Å². The van der Waals surface area contributed by atoms with Gasteiger partial charge in [-0.05, 0) is 50.7 Å². The van der Waals surface area contributed by atoms with E-state index in [2.05, 4.69) is 11.6 Å². The van der Waals surface area contributed by atoms with E-state index in [-0.39, 0.29) is 11.9 Å². The number of carbonyl (C=O) groups excluding carboxylic acids is 1. The maximum absolute atomic E-state index is 11.8. The average molecular weight is 256 g/mol. The largest absolute Gasteiger partial charge is 0.353 e. The van der Waals surface area contributed by atoms with Crippen molar-refractivity contribution in [1.82, 2.24) is 5.32 Å². The van der Waals surface area contributed by atoms with Crippen LogP contribution in [0.1, 0.15) is 44.9 Å². The van der Waals surface area contributed by atoms with E-state index in [1.807, 2.05) is 11.8 Å². The molecule has 0 aliphatic heterocycles. The van der Waals surface area contributed by atoms with Crippen molar-refractivity contribution < 1.29 is 4.79 Å². The second-order valence-corrected chi connectivity index (χ2v) is 6.62. The Hall–Kier alpha value is -0.220. The summed E-state index contributed by atoms with van der Waals surface area (Å²) < 4.78 is 0. The molecule has 0 saturated heterocycles. The van der Waals surface area contributed by atoms with Gasteiger partial charge in [0.1, 0.15) is 0 Å². The third-order valence-corrected chi connectivity index (χ3v) is 5.16. The van der Waals surface area contributed by atoms with Crippen LogP contribution in [0.3, 0.4) is 0 Å². The van der Waals surface area contributed by atoms with Crippen LogP contribution in [0, 0.1) is 5.92 Å². The van der Waals surface area contributed by atoms with Gasteiger partial charge >= 0.3 is 0 Å². The fraction of sp³-hybridized carbons (Fsp3) is 0.923. The number of nitrogens with one attached hydrogen (secondary N) is 1. The third-order valence-electron chi connectivity index (χ3n) is 4.02. The monoisotopic (exact) mass is 256 g/mol. The molecular formula is C13H24N2OS. The van der Waals surface area contributed by atoms with Gasteiger partial charge in [-0.2, -0.15) is 11.8 Å². The number of rotatable bonds is 5. The maximum atomic E-state index is 11.8. The van der Waals surface area contributed by atoms with Gasteiger partial charge in [-0.1, -0.05) is 0 Å². The average Bonchev–Trinajstić information content (AvgIpc) is 3.13. The Morgan fingerprint density at radius 3 is 2.47 bits per heavy atom. The summed E-state index contributed by atoms with van der Waals surface area (Å²) in [5.74, 6) is 0.782. The zero-order valence-electron chi connectivity index (χ0n) is 10.7. The van der Waals surface area contributed by atoms with Crippen molar-refractivity contribution in [3.05, 3.63) is 0 Å². The second-order valence-electron chi connectivity index (χ2n) is 5.48. The molecule has 3 N–H and O–H groups in total. The van der Waals surface area contributed by atoms with Crippen LogP contribution in [0.2, 0.25) is 0 Å². The zero-order valence-corrected chi connectivity index (χ0v) is 11.5. The van der Waals surface area contributed by atoms with Crippen molar-refractivity contribution in [2.45, 2.75) is 62.3 Å². The van der Waals surface area contributed by atoms with Crippen LogP contribution in [0.15, 0.2) is 0 Å². The smallest absolute Gasteiger partial charge is 0.221 e. The van der Waals surface area contributed by atoms with Crippen LogP contribution in [0.25, 0.3) is 0 Å². The predicted octanol–water partition coefficient (Wildman–Crippen LogP) is 1.90. The molecule has 1 unspecified atom stereocenters. The van der Waals surface area contributed by atoms with Crippen molar-refractivity contribution in [3.63, 3.8) is 0 Å². The van der Waals surface area contributed by atoms with Crippen molar-refractivity contribution in [3.8, 4) is 0 Å². The fourth-order valence-corrected chi connectivity index (χ4v) is 3.38. The van der Waals surface area contributed by atoms with Crippen molar-refractivity contribution in [1.29, 1.82) is 0 Å². The number of hydrogen-bond acceptors (Lipinski definition) is 3. The Kier molecular flexibility index (Phi) is 4.74. The summed E-state index contributed by atoms with van der Waals surface area (Å²) >= 11 is 1.96. The minimum Gasteiger partial charge on any atom is -0.353 e. The van der Waals surface area contributed by atoms with E-state index in [0.29, 0.717) is 18.4 Å². The van der Waals surface area contributed by atoms with Gasteiger partial charge in [-0.15, -0.1) is 0 Å². The van der Waals surface area contributed by atoms with Crippen LogP contribution >= 0.6 is 11.8 Å².